The Morgan fingerprint density at radius 2 is 1.81 bits per heavy atom. The van der Waals surface area contributed by atoms with Crippen molar-refractivity contribution in [3.8, 4) is 22.5 Å². The Labute approximate surface area is 187 Å². The first-order valence-electron chi connectivity index (χ1n) is 11.0. The van der Waals surface area contributed by atoms with E-state index in [-0.39, 0.29) is 0 Å². The highest BCUT2D eigenvalue weighted by Gasteiger charge is 2.20. The van der Waals surface area contributed by atoms with E-state index in [1.54, 1.807) is 0 Å². The van der Waals surface area contributed by atoms with Crippen molar-refractivity contribution in [1.29, 1.82) is 0 Å². The second kappa shape index (κ2) is 9.60. The summed E-state index contributed by atoms with van der Waals surface area (Å²) < 4.78 is 1.97. The van der Waals surface area contributed by atoms with Gasteiger partial charge in [0, 0.05) is 17.8 Å². The molecule has 0 spiro atoms. The van der Waals surface area contributed by atoms with Crippen molar-refractivity contribution in [2.24, 2.45) is 0 Å². The average Bonchev–Trinajstić information content (AvgIpc) is 3.46. The minimum Gasteiger partial charge on any atom is -0.477 e. The highest BCUT2D eigenvalue weighted by atomic mass is 16.4. The molecule has 32 heavy (non-hydrogen) atoms. The van der Waals surface area contributed by atoms with Crippen LogP contribution in [0.5, 0.6) is 0 Å². The number of hydrogen-bond donors (Lipinski definition) is 2. The lowest BCUT2D eigenvalue weighted by molar-refractivity contribution is 0.0684. The van der Waals surface area contributed by atoms with E-state index in [4.69, 9.17) is 0 Å². The molecule has 0 fully saturated rings. The summed E-state index contributed by atoms with van der Waals surface area (Å²) in [5, 5.41) is 24.1. The van der Waals surface area contributed by atoms with E-state index in [0.717, 1.165) is 52.8 Å². The van der Waals surface area contributed by atoms with E-state index in [0.29, 0.717) is 24.5 Å². The molecule has 0 amide bonds. The van der Waals surface area contributed by atoms with Crippen LogP contribution in [0.1, 0.15) is 54.0 Å². The molecule has 0 bridgehead atoms. The van der Waals surface area contributed by atoms with Crippen LogP contribution in [0.3, 0.4) is 0 Å². The highest BCUT2D eigenvalue weighted by molar-refractivity contribution is 5.88. The van der Waals surface area contributed by atoms with Gasteiger partial charge in [-0.25, -0.2) is 9.89 Å². The lowest BCUT2D eigenvalue weighted by Crippen LogP contribution is -2.13. The predicted molar refractivity (Wildman–Crippen MR) is 124 cm³/mol. The summed E-state index contributed by atoms with van der Waals surface area (Å²) in [6.45, 7) is 4.69. The topological polar surface area (TPSA) is 96.7 Å². The lowest BCUT2D eigenvalue weighted by Gasteiger charge is -2.13. The van der Waals surface area contributed by atoms with Gasteiger partial charge >= 0.3 is 5.97 Å². The van der Waals surface area contributed by atoms with E-state index < -0.39 is 5.97 Å². The van der Waals surface area contributed by atoms with Gasteiger partial charge in [0.15, 0.2) is 5.82 Å². The van der Waals surface area contributed by atoms with Gasteiger partial charge in [-0.05, 0) is 58.0 Å². The fourth-order valence-electron chi connectivity index (χ4n) is 4.12. The Balaban J connectivity index is 1.66. The summed E-state index contributed by atoms with van der Waals surface area (Å²) in [7, 11) is 0. The van der Waals surface area contributed by atoms with Gasteiger partial charge in [0.1, 0.15) is 5.69 Å². The molecule has 4 aromatic rings. The monoisotopic (exact) mass is 429 g/mol. The molecule has 2 aromatic carbocycles. The first-order chi connectivity index (χ1) is 15.6. The van der Waals surface area contributed by atoms with Crippen molar-refractivity contribution in [2.45, 2.75) is 46.1 Å². The Morgan fingerprint density at radius 1 is 1.06 bits per heavy atom. The number of carbonyl (C=O) groups is 1. The summed E-state index contributed by atoms with van der Waals surface area (Å²) in [6, 6.07) is 18.3. The van der Waals surface area contributed by atoms with Crippen LogP contribution < -0.4 is 0 Å². The molecule has 2 heterocycles. The standard InChI is InChI=1S/C25H27N5O2/c1-3-5-8-20-15-18(4-2)23(25(31)32)30(20)16-17-11-13-19(14-12-17)21-9-6-7-10-22(21)24-26-28-29-27-24/h6-7,9-15H,3-5,8,16H2,1-2H3,(H,31,32)(H,26,27,28,29). The first-order valence-corrected chi connectivity index (χ1v) is 11.0. The molecule has 2 N–H and O–H groups in total. The van der Waals surface area contributed by atoms with Crippen LogP contribution in [0.2, 0.25) is 0 Å². The molecule has 0 saturated heterocycles. The number of carboxylic acid groups (broad SMARTS) is 1. The molecular formula is C25H27N5O2. The zero-order valence-electron chi connectivity index (χ0n) is 18.4. The van der Waals surface area contributed by atoms with E-state index >= 15 is 0 Å². The van der Waals surface area contributed by atoms with Gasteiger partial charge in [0.2, 0.25) is 0 Å². The first kappa shape index (κ1) is 21.5. The maximum Gasteiger partial charge on any atom is 0.352 e. The van der Waals surface area contributed by atoms with E-state index in [2.05, 4.69) is 57.9 Å². The smallest absolute Gasteiger partial charge is 0.352 e. The summed E-state index contributed by atoms with van der Waals surface area (Å²) in [6.07, 6.45) is 3.70. The van der Waals surface area contributed by atoms with Crippen LogP contribution in [0, 0.1) is 0 Å². The Bertz CT molecular complexity index is 1190. The van der Waals surface area contributed by atoms with Gasteiger partial charge in [0.25, 0.3) is 0 Å². The Hall–Kier alpha value is -3.74. The van der Waals surface area contributed by atoms with E-state index in [9.17, 15) is 9.90 Å². The summed E-state index contributed by atoms with van der Waals surface area (Å²) in [5.74, 6) is -0.244. The minimum atomic E-state index is -0.865. The van der Waals surface area contributed by atoms with Gasteiger partial charge in [-0.2, -0.15) is 0 Å². The fraction of sp³-hybridized carbons (Fsp3) is 0.280. The number of aromatic amines is 1. The molecule has 0 unspecified atom stereocenters. The van der Waals surface area contributed by atoms with Crippen LogP contribution in [0.4, 0.5) is 0 Å². The number of nitrogens with one attached hydrogen (secondary N) is 1. The number of H-pyrrole nitrogens is 1. The van der Waals surface area contributed by atoms with E-state index in [1.807, 2.05) is 35.8 Å². The van der Waals surface area contributed by atoms with Crippen molar-refractivity contribution in [2.75, 3.05) is 0 Å². The largest absolute Gasteiger partial charge is 0.477 e. The molecule has 4 rings (SSSR count). The average molecular weight is 430 g/mol. The summed E-state index contributed by atoms with van der Waals surface area (Å²) in [5.41, 5.74) is 6.46. The fourth-order valence-corrected chi connectivity index (χ4v) is 4.12. The van der Waals surface area contributed by atoms with Crippen LogP contribution >= 0.6 is 0 Å². The summed E-state index contributed by atoms with van der Waals surface area (Å²) >= 11 is 0. The van der Waals surface area contributed by atoms with Crippen LogP contribution in [-0.4, -0.2) is 36.3 Å². The molecule has 0 saturated carbocycles. The van der Waals surface area contributed by atoms with Crippen LogP contribution in [-0.2, 0) is 19.4 Å². The summed E-state index contributed by atoms with van der Waals surface area (Å²) in [4.78, 5) is 12.0. The van der Waals surface area contributed by atoms with Gasteiger partial charge in [-0.15, -0.1) is 5.10 Å². The molecule has 0 aliphatic carbocycles. The number of aryl methyl sites for hydroxylation is 2. The lowest BCUT2D eigenvalue weighted by atomic mass is 9.98. The third-order valence-corrected chi connectivity index (χ3v) is 5.76. The number of tetrazole rings is 1. The molecule has 164 valence electrons. The number of rotatable bonds is 9. The molecule has 0 atom stereocenters. The number of benzene rings is 2. The SMILES string of the molecule is CCCCc1cc(CC)c(C(=O)O)n1Cc1ccc(-c2ccccc2-c2nnn[nH]2)cc1. The van der Waals surface area contributed by atoms with Crippen molar-refractivity contribution >= 4 is 5.97 Å². The highest BCUT2D eigenvalue weighted by Crippen LogP contribution is 2.30. The molecule has 0 radical (unpaired) electrons. The van der Waals surface area contributed by atoms with Crippen molar-refractivity contribution in [3.63, 3.8) is 0 Å². The third kappa shape index (κ3) is 4.32. The van der Waals surface area contributed by atoms with Gasteiger partial charge in [0.05, 0.1) is 0 Å². The van der Waals surface area contributed by atoms with Gasteiger partial charge in [-0.1, -0.05) is 68.8 Å². The number of unbranched alkanes of at least 4 members (excludes halogenated alkanes) is 1. The number of aromatic nitrogens is 5. The maximum atomic E-state index is 12.0. The van der Waals surface area contributed by atoms with Crippen LogP contribution in [0.25, 0.3) is 22.5 Å². The maximum absolute atomic E-state index is 12.0. The zero-order valence-corrected chi connectivity index (χ0v) is 18.4. The second-order valence-electron chi connectivity index (χ2n) is 7.85. The predicted octanol–water partition coefficient (Wildman–Crippen LogP) is 4.99. The quantitative estimate of drug-likeness (QED) is 0.391. The van der Waals surface area contributed by atoms with E-state index in [1.165, 1.54) is 0 Å². The second-order valence-corrected chi connectivity index (χ2v) is 7.85. The number of carboxylic acids is 1. The van der Waals surface area contributed by atoms with Crippen molar-refractivity contribution in [3.05, 3.63) is 77.1 Å². The number of hydrogen-bond acceptors (Lipinski definition) is 4. The molecule has 7 heteroatoms. The zero-order chi connectivity index (χ0) is 22.5. The normalized spacial score (nSPS) is 11.1. The van der Waals surface area contributed by atoms with Crippen molar-refractivity contribution < 1.29 is 9.90 Å². The Kier molecular flexibility index (Phi) is 6.44. The minimum absolute atomic E-state index is 0.408. The molecule has 7 nitrogen and oxygen atoms in total. The number of aromatic carboxylic acids is 1. The van der Waals surface area contributed by atoms with Gasteiger partial charge in [-0.3, -0.25) is 0 Å². The number of nitrogens with zero attached hydrogens (tertiary/aromatic N) is 4. The Morgan fingerprint density at radius 3 is 2.44 bits per heavy atom. The van der Waals surface area contributed by atoms with Crippen LogP contribution in [0.15, 0.2) is 54.6 Å². The molecule has 2 aromatic heterocycles. The molecule has 0 aliphatic rings. The molecule has 0 aliphatic heterocycles. The molecular weight excluding hydrogens is 402 g/mol. The van der Waals surface area contributed by atoms with Gasteiger partial charge < -0.3 is 9.67 Å². The third-order valence-electron chi connectivity index (χ3n) is 5.76. The van der Waals surface area contributed by atoms with Crippen molar-refractivity contribution in [1.82, 2.24) is 25.2 Å².